The molecule has 1 aliphatic rings. The Morgan fingerprint density at radius 3 is 2.62 bits per heavy atom. The average Bonchev–Trinajstić information content (AvgIpc) is 3.50. The highest BCUT2D eigenvalue weighted by atomic mass is 32.2. The van der Waals surface area contributed by atoms with E-state index < -0.39 is 21.7 Å². The molecular formula is C24H27N5O4S. The fourth-order valence-electron chi connectivity index (χ4n) is 4.58. The predicted molar refractivity (Wildman–Crippen MR) is 128 cm³/mol. The Labute approximate surface area is 197 Å². The monoisotopic (exact) mass is 481 g/mol. The summed E-state index contributed by atoms with van der Waals surface area (Å²) in [6.07, 6.45) is 6.92. The third-order valence-corrected chi connectivity index (χ3v) is 7.71. The maximum Gasteiger partial charge on any atom is 0.407 e. The number of pyridine rings is 1. The van der Waals surface area contributed by atoms with Gasteiger partial charge >= 0.3 is 6.09 Å². The molecule has 1 saturated carbocycles. The standard InChI is InChI=1S/C24H27N5O4S/c1-24(2,3)33-23(30)27-16-9-10-17(13-16)28-15-26-20-14-25-22-19(21(20)28)11-12-29(22)34(31,32)18-7-5-4-6-8-18/h4-8,11-12,14-17H,9-10,13H2,1-3H3,(H,27,30)/t16-,17+/m1/s1. The summed E-state index contributed by atoms with van der Waals surface area (Å²) in [5.74, 6) is 0. The van der Waals surface area contributed by atoms with Crippen molar-refractivity contribution in [2.75, 3.05) is 0 Å². The van der Waals surface area contributed by atoms with Crippen LogP contribution in [0.15, 0.2) is 60.0 Å². The Hall–Kier alpha value is -3.40. The van der Waals surface area contributed by atoms with Crippen LogP contribution in [0.4, 0.5) is 4.79 Å². The van der Waals surface area contributed by atoms with E-state index in [1.165, 1.54) is 10.2 Å². The third-order valence-electron chi connectivity index (χ3n) is 6.03. The number of nitrogens with one attached hydrogen (secondary N) is 1. The Balaban J connectivity index is 1.47. The van der Waals surface area contributed by atoms with Crippen molar-refractivity contribution in [2.45, 2.75) is 62.6 Å². The summed E-state index contributed by atoms with van der Waals surface area (Å²) in [4.78, 5) is 21.3. The molecule has 4 aromatic rings. The van der Waals surface area contributed by atoms with E-state index in [0.717, 1.165) is 30.2 Å². The van der Waals surface area contributed by atoms with Crippen molar-refractivity contribution in [3.8, 4) is 0 Å². The normalized spacial score (nSPS) is 19.0. The van der Waals surface area contributed by atoms with Crippen molar-refractivity contribution in [3.05, 3.63) is 55.1 Å². The van der Waals surface area contributed by atoms with E-state index >= 15 is 0 Å². The molecule has 0 aliphatic heterocycles. The number of aromatic nitrogens is 4. The first-order chi connectivity index (χ1) is 16.1. The molecule has 0 unspecified atom stereocenters. The number of ether oxygens (including phenoxy) is 1. The Morgan fingerprint density at radius 1 is 1.12 bits per heavy atom. The SMILES string of the molecule is CC(C)(C)OC(=O)N[C@@H]1CC[C@H](n2cnc3cnc4c(ccn4S(=O)(=O)c4ccccc4)c32)C1. The van der Waals surface area contributed by atoms with Crippen LogP contribution in [0.1, 0.15) is 46.1 Å². The van der Waals surface area contributed by atoms with E-state index in [9.17, 15) is 13.2 Å². The number of amides is 1. The molecular weight excluding hydrogens is 454 g/mol. The molecule has 3 heterocycles. The van der Waals surface area contributed by atoms with Gasteiger partial charge in [-0.1, -0.05) is 18.2 Å². The number of carbonyl (C=O) groups excluding carboxylic acids is 1. The van der Waals surface area contributed by atoms with Crippen molar-refractivity contribution in [3.63, 3.8) is 0 Å². The molecule has 1 aromatic carbocycles. The van der Waals surface area contributed by atoms with E-state index in [1.54, 1.807) is 48.9 Å². The molecule has 1 N–H and O–H groups in total. The first-order valence-corrected chi connectivity index (χ1v) is 12.7. The summed E-state index contributed by atoms with van der Waals surface area (Å²) < 4.78 is 35.1. The molecule has 0 saturated heterocycles. The zero-order valence-electron chi connectivity index (χ0n) is 19.3. The minimum Gasteiger partial charge on any atom is -0.444 e. The third kappa shape index (κ3) is 4.02. The van der Waals surface area contributed by atoms with Crippen molar-refractivity contribution in [1.29, 1.82) is 0 Å². The average molecular weight is 482 g/mol. The molecule has 2 atom stereocenters. The number of imidazole rings is 1. The minimum absolute atomic E-state index is 0.00214. The smallest absolute Gasteiger partial charge is 0.407 e. The molecule has 0 bridgehead atoms. The fraction of sp³-hybridized carbons (Fsp3) is 0.375. The fourth-order valence-corrected chi connectivity index (χ4v) is 5.90. The molecule has 10 heteroatoms. The molecule has 0 radical (unpaired) electrons. The molecule has 0 spiro atoms. The van der Waals surface area contributed by atoms with Crippen LogP contribution >= 0.6 is 0 Å². The van der Waals surface area contributed by atoms with Gasteiger partial charge in [0.2, 0.25) is 0 Å². The number of hydrogen-bond acceptors (Lipinski definition) is 6. The van der Waals surface area contributed by atoms with E-state index in [0.29, 0.717) is 11.2 Å². The Morgan fingerprint density at radius 2 is 1.88 bits per heavy atom. The first-order valence-electron chi connectivity index (χ1n) is 11.3. The second-order valence-corrected chi connectivity index (χ2v) is 11.4. The lowest BCUT2D eigenvalue weighted by molar-refractivity contribution is 0.0505. The van der Waals surface area contributed by atoms with Crippen LogP contribution in [0.5, 0.6) is 0 Å². The summed E-state index contributed by atoms with van der Waals surface area (Å²) in [5.41, 5.74) is 1.36. The van der Waals surface area contributed by atoms with Crippen LogP contribution in [0, 0.1) is 0 Å². The first kappa shape index (κ1) is 22.4. The van der Waals surface area contributed by atoms with Crippen LogP contribution in [-0.2, 0) is 14.8 Å². The van der Waals surface area contributed by atoms with Gasteiger partial charge in [0, 0.05) is 23.7 Å². The molecule has 1 amide bonds. The van der Waals surface area contributed by atoms with Gasteiger partial charge in [0.05, 0.1) is 22.9 Å². The lowest BCUT2D eigenvalue weighted by atomic mass is 10.2. The van der Waals surface area contributed by atoms with E-state index in [1.807, 2.05) is 20.8 Å². The number of alkyl carbamates (subject to hydrolysis) is 1. The van der Waals surface area contributed by atoms with Gasteiger partial charge in [0.25, 0.3) is 10.0 Å². The van der Waals surface area contributed by atoms with Gasteiger partial charge in [0.15, 0.2) is 5.65 Å². The number of benzene rings is 1. The largest absolute Gasteiger partial charge is 0.444 e. The zero-order valence-corrected chi connectivity index (χ0v) is 20.1. The number of nitrogens with zero attached hydrogens (tertiary/aromatic N) is 4. The van der Waals surface area contributed by atoms with Gasteiger partial charge in [-0.15, -0.1) is 0 Å². The van der Waals surface area contributed by atoms with Gasteiger partial charge in [0.1, 0.15) is 11.1 Å². The Kier molecular flexibility index (Phi) is 5.35. The Bertz CT molecular complexity index is 1470. The molecule has 34 heavy (non-hydrogen) atoms. The summed E-state index contributed by atoms with van der Waals surface area (Å²) in [6.45, 7) is 5.52. The summed E-state index contributed by atoms with van der Waals surface area (Å²) in [5, 5.41) is 3.68. The lowest BCUT2D eigenvalue weighted by Gasteiger charge is -2.22. The number of fused-ring (bicyclic) bond motifs is 3. The van der Waals surface area contributed by atoms with Crippen molar-refractivity contribution in [1.82, 2.24) is 23.8 Å². The molecule has 178 valence electrons. The van der Waals surface area contributed by atoms with Gasteiger partial charge < -0.3 is 14.6 Å². The van der Waals surface area contributed by atoms with Crippen molar-refractivity contribution >= 4 is 38.2 Å². The summed E-state index contributed by atoms with van der Waals surface area (Å²) in [6, 6.07) is 10.2. The highest BCUT2D eigenvalue weighted by molar-refractivity contribution is 7.90. The van der Waals surface area contributed by atoms with Gasteiger partial charge in [-0.3, -0.25) is 0 Å². The highest BCUT2D eigenvalue weighted by Crippen LogP contribution is 2.35. The minimum atomic E-state index is -3.78. The highest BCUT2D eigenvalue weighted by Gasteiger charge is 2.30. The lowest BCUT2D eigenvalue weighted by Crippen LogP contribution is -2.38. The van der Waals surface area contributed by atoms with E-state index in [2.05, 4.69) is 19.9 Å². The van der Waals surface area contributed by atoms with Crippen molar-refractivity contribution < 1.29 is 17.9 Å². The molecule has 1 aliphatic carbocycles. The number of rotatable bonds is 4. The van der Waals surface area contributed by atoms with Crippen LogP contribution in [0.25, 0.3) is 22.1 Å². The maximum absolute atomic E-state index is 13.2. The molecule has 1 fully saturated rings. The topological polar surface area (TPSA) is 108 Å². The van der Waals surface area contributed by atoms with Crippen LogP contribution in [0.3, 0.4) is 0 Å². The van der Waals surface area contributed by atoms with Crippen molar-refractivity contribution in [2.24, 2.45) is 0 Å². The van der Waals surface area contributed by atoms with E-state index in [4.69, 9.17) is 4.74 Å². The molecule has 9 nitrogen and oxygen atoms in total. The maximum atomic E-state index is 13.2. The van der Waals surface area contributed by atoms with Crippen LogP contribution < -0.4 is 5.32 Å². The zero-order chi connectivity index (χ0) is 24.1. The second kappa shape index (κ2) is 8.12. The number of hydrogen-bond donors (Lipinski definition) is 1. The quantitative estimate of drug-likeness (QED) is 0.467. The molecule has 3 aromatic heterocycles. The molecule has 5 rings (SSSR count). The van der Waals surface area contributed by atoms with Gasteiger partial charge in [-0.25, -0.2) is 27.2 Å². The number of carbonyl (C=O) groups is 1. The van der Waals surface area contributed by atoms with Gasteiger partial charge in [-0.05, 0) is 58.2 Å². The predicted octanol–water partition coefficient (Wildman–Crippen LogP) is 4.24. The second-order valence-electron chi connectivity index (χ2n) is 9.62. The van der Waals surface area contributed by atoms with E-state index in [-0.39, 0.29) is 17.0 Å². The summed E-state index contributed by atoms with van der Waals surface area (Å²) in [7, 11) is -3.78. The van der Waals surface area contributed by atoms with Crippen LogP contribution in [-0.4, -0.2) is 44.7 Å². The summed E-state index contributed by atoms with van der Waals surface area (Å²) >= 11 is 0. The van der Waals surface area contributed by atoms with Crippen LogP contribution in [0.2, 0.25) is 0 Å². The van der Waals surface area contributed by atoms with Gasteiger partial charge in [-0.2, -0.15) is 0 Å².